The number of ketones is 1. The van der Waals surface area contributed by atoms with Gasteiger partial charge in [-0.25, -0.2) is 4.79 Å². The molecule has 4 rings (SSSR count). The summed E-state index contributed by atoms with van der Waals surface area (Å²) < 4.78 is 0. The SMILES string of the molecule is CC1(C)C(=O)C(Sc2ccccc2)C1=N[C@@H](Cc1ccc(NC(=O)c2c(Cl)cncc2Cl)cc1)C(=O)O. The molecule has 1 aromatic heterocycles. The summed E-state index contributed by atoms with van der Waals surface area (Å²) >= 11 is 13.5. The number of carbonyl (C=O) groups excluding carboxylic acids is 2. The molecule has 0 radical (unpaired) electrons. The number of carboxylic acids is 1. The molecule has 10 heteroatoms. The Kier molecular flexibility index (Phi) is 8.02. The van der Waals surface area contributed by atoms with E-state index in [1.165, 1.54) is 24.2 Å². The topological polar surface area (TPSA) is 109 Å². The van der Waals surface area contributed by atoms with E-state index in [9.17, 15) is 19.5 Å². The summed E-state index contributed by atoms with van der Waals surface area (Å²) in [5.74, 6) is -1.54. The van der Waals surface area contributed by atoms with Crippen LogP contribution in [0.1, 0.15) is 29.8 Å². The molecule has 1 heterocycles. The van der Waals surface area contributed by atoms with Crippen LogP contribution in [0.2, 0.25) is 10.0 Å². The lowest BCUT2D eigenvalue weighted by Crippen LogP contribution is -2.58. The third-order valence-electron chi connectivity index (χ3n) is 6.04. The van der Waals surface area contributed by atoms with Crippen molar-refractivity contribution >= 4 is 64.0 Å². The van der Waals surface area contributed by atoms with Crippen molar-refractivity contribution in [3.8, 4) is 0 Å². The largest absolute Gasteiger partial charge is 0.480 e. The van der Waals surface area contributed by atoms with E-state index in [0.717, 1.165) is 4.90 Å². The van der Waals surface area contributed by atoms with Gasteiger partial charge in [-0.1, -0.05) is 53.5 Å². The fraction of sp³-hybridized carbons (Fsp3) is 0.222. The van der Waals surface area contributed by atoms with Crippen LogP contribution in [0.25, 0.3) is 0 Å². The van der Waals surface area contributed by atoms with Gasteiger partial charge in [0.05, 0.1) is 21.0 Å². The summed E-state index contributed by atoms with van der Waals surface area (Å²) in [5.41, 5.74) is 1.08. The van der Waals surface area contributed by atoms with Crippen LogP contribution < -0.4 is 5.32 Å². The lowest BCUT2D eigenvalue weighted by atomic mass is 9.68. The Bertz CT molecular complexity index is 1360. The minimum Gasteiger partial charge on any atom is -0.480 e. The Labute approximate surface area is 228 Å². The van der Waals surface area contributed by atoms with Crippen LogP contribution in [0.4, 0.5) is 5.69 Å². The van der Waals surface area contributed by atoms with Gasteiger partial charge in [0.15, 0.2) is 11.8 Å². The molecule has 2 aromatic carbocycles. The average molecular weight is 556 g/mol. The van der Waals surface area contributed by atoms with Gasteiger partial charge in [-0.2, -0.15) is 0 Å². The molecule has 1 unspecified atom stereocenters. The van der Waals surface area contributed by atoms with Gasteiger partial charge in [0.25, 0.3) is 5.91 Å². The molecule has 1 aliphatic rings. The first-order valence-corrected chi connectivity index (χ1v) is 13.0. The van der Waals surface area contributed by atoms with Crippen LogP contribution in [0, 0.1) is 5.41 Å². The highest BCUT2D eigenvalue weighted by atomic mass is 35.5. The number of aliphatic imine (C=N–C) groups is 1. The third-order valence-corrected chi connectivity index (χ3v) is 7.83. The molecule has 1 saturated carbocycles. The Hall–Kier alpha value is -3.20. The smallest absolute Gasteiger partial charge is 0.328 e. The second-order valence-electron chi connectivity index (χ2n) is 9.00. The van der Waals surface area contributed by atoms with Gasteiger partial charge < -0.3 is 10.4 Å². The number of benzene rings is 2. The summed E-state index contributed by atoms with van der Waals surface area (Å²) in [4.78, 5) is 46.8. The van der Waals surface area contributed by atoms with Crippen molar-refractivity contribution in [2.24, 2.45) is 10.4 Å². The molecule has 2 N–H and O–H groups in total. The molecule has 2 atom stereocenters. The average Bonchev–Trinajstić information content (AvgIpc) is 2.86. The fourth-order valence-corrected chi connectivity index (χ4v) is 5.92. The van der Waals surface area contributed by atoms with E-state index in [1.54, 1.807) is 38.1 Å². The van der Waals surface area contributed by atoms with Gasteiger partial charge in [0, 0.05) is 35.1 Å². The number of nitrogens with one attached hydrogen (secondary N) is 1. The second kappa shape index (κ2) is 11.0. The van der Waals surface area contributed by atoms with Gasteiger partial charge in [0.2, 0.25) is 0 Å². The lowest BCUT2D eigenvalue weighted by Gasteiger charge is -2.42. The number of hydrogen-bond donors (Lipinski definition) is 2. The fourth-order valence-electron chi connectivity index (χ4n) is 3.93. The van der Waals surface area contributed by atoms with Crippen LogP contribution in [0.5, 0.6) is 0 Å². The summed E-state index contributed by atoms with van der Waals surface area (Å²) in [5, 5.41) is 12.4. The minimum atomic E-state index is -1.08. The van der Waals surface area contributed by atoms with E-state index < -0.39 is 28.6 Å². The molecule has 37 heavy (non-hydrogen) atoms. The van der Waals surface area contributed by atoms with Crippen LogP contribution >= 0.6 is 35.0 Å². The first kappa shape index (κ1) is 26.9. The summed E-state index contributed by atoms with van der Waals surface area (Å²) in [6, 6.07) is 15.2. The zero-order valence-corrected chi connectivity index (χ0v) is 22.3. The third kappa shape index (κ3) is 5.87. The molecule has 1 amide bonds. The van der Waals surface area contributed by atoms with Crippen molar-refractivity contribution in [1.29, 1.82) is 0 Å². The number of amides is 1. The van der Waals surface area contributed by atoms with E-state index in [0.29, 0.717) is 17.0 Å². The number of halogens is 2. The Balaban J connectivity index is 1.49. The molecule has 3 aromatic rings. The number of aromatic nitrogens is 1. The summed E-state index contributed by atoms with van der Waals surface area (Å²) in [7, 11) is 0. The van der Waals surface area contributed by atoms with Gasteiger partial charge in [-0.05, 0) is 43.7 Å². The maximum atomic E-state index is 12.8. The number of carbonyl (C=O) groups is 3. The number of aliphatic carboxylic acids is 1. The van der Waals surface area contributed by atoms with E-state index in [1.807, 2.05) is 30.3 Å². The highest BCUT2D eigenvalue weighted by Crippen LogP contribution is 2.43. The quantitative estimate of drug-likeness (QED) is 0.361. The number of Topliss-reactive ketones (excluding diaryl/α,β-unsaturated/α-hetero) is 1. The van der Waals surface area contributed by atoms with Crippen molar-refractivity contribution < 1.29 is 19.5 Å². The van der Waals surface area contributed by atoms with E-state index in [4.69, 9.17) is 23.2 Å². The molecule has 0 spiro atoms. The van der Waals surface area contributed by atoms with Crippen LogP contribution in [0.15, 0.2) is 76.9 Å². The molecule has 1 fully saturated rings. The molecule has 190 valence electrons. The van der Waals surface area contributed by atoms with E-state index >= 15 is 0 Å². The highest BCUT2D eigenvalue weighted by Gasteiger charge is 2.54. The zero-order chi connectivity index (χ0) is 26.7. The number of nitrogens with zero attached hydrogens (tertiary/aromatic N) is 2. The standard InChI is InChI=1S/C27H23Cl2N3O4S/c1-27(2)23(22(24(27)33)37-17-6-4-3-5-7-17)32-20(26(35)36)12-15-8-10-16(11-9-15)31-25(34)21-18(28)13-30-14-19(21)29/h3-11,13-14,20,22H,12H2,1-2H3,(H,31,34)(H,35,36)/t20-,22?/m0/s1. The van der Waals surface area contributed by atoms with E-state index in [2.05, 4.69) is 15.3 Å². The van der Waals surface area contributed by atoms with Gasteiger partial charge in [0.1, 0.15) is 5.25 Å². The number of hydrogen-bond acceptors (Lipinski definition) is 6. The number of anilines is 1. The van der Waals surface area contributed by atoms with Crippen molar-refractivity contribution in [3.63, 3.8) is 0 Å². The van der Waals surface area contributed by atoms with Crippen molar-refractivity contribution in [1.82, 2.24) is 4.98 Å². The molecule has 0 aliphatic heterocycles. The molecule has 1 aliphatic carbocycles. The molecule has 0 bridgehead atoms. The first-order chi connectivity index (χ1) is 17.6. The lowest BCUT2D eigenvalue weighted by molar-refractivity contribution is -0.138. The zero-order valence-electron chi connectivity index (χ0n) is 19.9. The predicted octanol–water partition coefficient (Wildman–Crippen LogP) is 5.85. The Morgan fingerprint density at radius 2 is 1.70 bits per heavy atom. The minimum absolute atomic E-state index is 0.0266. The molecule has 7 nitrogen and oxygen atoms in total. The maximum absolute atomic E-state index is 12.8. The van der Waals surface area contributed by atoms with Crippen molar-refractivity contribution in [2.45, 2.75) is 36.5 Å². The normalized spacial score (nSPS) is 18.2. The van der Waals surface area contributed by atoms with Crippen LogP contribution in [0.3, 0.4) is 0 Å². The highest BCUT2D eigenvalue weighted by molar-refractivity contribution is 8.01. The Morgan fingerprint density at radius 1 is 1.08 bits per heavy atom. The van der Waals surface area contributed by atoms with E-state index in [-0.39, 0.29) is 27.8 Å². The van der Waals surface area contributed by atoms with Crippen LogP contribution in [-0.2, 0) is 16.0 Å². The predicted molar refractivity (Wildman–Crippen MR) is 146 cm³/mol. The molecule has 0 saturated heterocycles. The van der Waals surface area contributed by atoms with Gasteiger partial charge in [-0.15, -0.1) is 11.8 Å². The Morgan fingerprint density at radius 3 is 2.30 bits per heavy atom. The van der Waals surface area contributed by atoms with Gasteiger partial charge in [-0.3, -0.25) is 19.6 Å². The van der Waals surface area contributed by atoms with Crippen LogP contribution in [-0.4, -0.2) is 44.8 Å². The molecular weight excluding hydrogens is 533 g/mol. The summed E-state index contributed by atoms with van der Waals surface area (Å²) in [6.07, 6.45) is 2.79. The number of pyridine rings is 1. The molecular formula is C27H23Cl2N3O4S. The first-order valence-electron chi connectivity index (χ1n) is 11.3. The second-order valence-corrected chi connectivity index (χ2v) is 11.0. The van der Waals surface area contributed by atoms with Crippen molar-refractivity contribution in [3.05, 3.63) is 88.2 Å². The number of carboxylic acid groups (broad SMARTS) is 1. The van der Waals surface area contributed by atoms with Gasteiger partial charge >= 0.3 is 5.97 Å². The summed E-state index contributed by atoms with van der Waals surface area (Å²) in [6.45, 7) is 3.54. The number of rotatable bonds is 8. The monoisotopic (exact) mass is 555 g/mol. The number of thioether (sulfide) groups is 1. The maximum Gasteiger partial charge on any atom is 0.328 e. The van der Waals surface area contributed by atoms with Crippen molar-refractivity contribution in [2.75, 3.05) is 5.32 Å².